The Morgan fingerprint density at radius 3 is 2.25 bits per heavy atom. The fourth-order valence-corrected chi connectivity index (χ4v) is 5.32. The highest BCUT2D eigenvalue weighted by Gasteiger charge is 2.40. The first-order valence-electron chi connectivity index (χ1n) is 8.94. The first-order chi connectivity index (χ1) is 11.8. The van der Waals surface area contributed by atoms with Crippen molar-refractivity contribution < 1.29 is 5.11 Å². The first-order valence-corrected chi connectivity index (χ1v) is 9.93. The van der Waals surface area contributed by atoms with Crippen LogP contribution in [0.15, 0.2) is 59.5 Å². The van der Waals surface area contributed by atoms with Crippen molar-refractivity contribution in [2.24, 2.45) is 17.8 Å². The average molecular weight is 340 g/mol. The lowest BCUT2D eigenvalue weighted by Gasteiger charge is -2.18. The van der Waals surface area contributed by atoms with Crippen LogP contribution in [0, 0.1) is 17.8 Å². The zero-order chi connectivity index (χ0) is 16.4. The van der Waals surface area contributed by atoms with Gasteiger partial charge in [-0.05, 0) is 66.8 Å². The van der Waals surface area contributed by atoms with Gasteiger partial charge in [0.15, 0.2) is 0 Å². The van der Waals surface area contributed by atoms with Crippen LogP contribution in [0.1, 0.15) is 18.4 Å². The Morgan fingerprint density at radius 1 is 0.917 bits per heavy atom. The summed E-state index contributed by atoms with van der Waals surface area (Å²) >= 11 is 1.88. The SMILES string of the molecule is Oc1ccc(SCN2C[C@H]3C[C@H](Cc4ccccc4)C[C@H]3C2)cc1. The molecule has 1 heterocycles. The lowest BCUT2D eigenvalue weighted by molar-refractivity contribution is 0.341. The van der Waals surface area contributed by atoms with E-state index in [1.165, 1.54) is 42.8 Å². The molecule has 2 aromatic rings. The minimum absolute atomic E-state index is 0.347. The van der Waals surface area contributed by atoms with Gasteiger partial charge in [-0.1, -0.05) is 30.3 Å². The molecule has 0 unspecified atom stereocenters. The van der Waals surface area contributed by atoms with Gasteiger partial charge >= 0.3 is 0 Å². The molecule has 2 fully saturated rings. The molecule has 2 aromatic carbocycles. The molecule has 3 atom stereocenters. The molecular weight excluding hydrogens is 314 g/mol. The number of benzene rings is 2. The molecule has 4 rings (SSSR count). The van der Waals surface area contributed by atoms with E-state index in [-0.39, 0.29) is 0 Å². The van der Waals surface area contributed by atoms with Gasteiger partial charge in [0.05, 0.1) is 0 Å². The summed E-state index contributed by atoms with van der Waals surface area (Å²) in [5.74, 6) is 4.10. The Labute approximate surface area is 148 Å². The van der Waals surface area contributed by atoms with Crippen molar-refractivity contribution in [1.82, 2.24) is 4.90 Å². The number of hydrogen-bond donors (Lipinski definition) is 1. The molecule has 0 bridgehead atoms. The average Bonchev–Trinajstić information content (AvgIpc) is 3.13. The Bertz CT molecular complexity index is 643. The maximum atomic E-state index is 9.36. The number of aromatic hydroxyl groups is 1. The van der Waals surface area contributed by atoms with Crippen LogP contribution in [-0.4, -0.2) is 29.0 Å². The van der Waals surface area contributed by atoms with Crippen molar-refractivity contribution >= 4 is 11.8 Å². The molecule has 24 heavy (non-hydrogen) atoms. The second kappa shape index (κ2) is 7.20. The monoisotopic (exact) mass is 339 g/mol. The second-order valence-corrected chi connectivity index (χ2v) is 8.37. The van der Waals surface area contributed by atoms with E-state index >= 15 is 0 Å². The van der Waals surface area contributed by atoms with E-state index in [4.69, 9.17) is 0 Å². The van der Waals surface area contributed by atoms with E-state index in [1.54, 1.807) is 12.1 Å². The minimum atomic E-state index is 0.347. The number of phenols is 1. The zero-order valence-corrected chi connectivity index (χ0v) is 14.8. The van der Waals surface area contributed by atoms with Crippen LogP contribution in [-0.2, 0) is 6.42 Å². The van der Waals surface area contributed by atoms with Crippen molar-refractivity contribution in [3.63, 3.8) is 0 Å². The summed E-state index contributed by atoms with van der Waals surface area (Å²) in [6.07, 6.45) is 4.07. The maximum absolute atomic E-state index is 9.36. The van der Waals surface area contributed by atoms with Crippen LogP contribution in [0.25, 0.3) is 0 Å². The normalized spacial score (nSPS) is 26.6. The van der Waals surface area contributed by atoms with E-state index in [1.807, 2.05) is 23.9 Å². The Hall–Kier alpha value is -1.45. The van der Waals surface area contributed by atoms with Gasteiger partial charge in [0.25, 0.3) is 0 Å². The Kier molecular flexibility index (Phi) is 4.81. The quantitative estimate of drug-likeness (QED) is 0.803. The summed E-state index contributed by atoms with van der Waals surface area (Å²) in [5.41, 5.74) is 1.50. The van der Waals surface area contributed by atoms with Gasteiger partial charge in [-0.2, -0.15) is 0 Å². The highest BCUT2D eigenvalue weighted by molar-refractivity contribution is 7.99. The van der Waals surface area contributed by atoms with Gasteiger partial charge < -0.3 is 5.11 Å². The molecule has 1 saturated carbocycles. The van der Waals surface area contributed by atoms with Gasteiger partial charge in [-0.25, -0.2) is 0 Å². The third-order valence-corrected chi connectivity index (χ3v) is 6.64. The van der Waals surface area contributed by atoms with Crippen molar-refractivity contribution in [1.29, 1.82) is 0 Å². The highest BCUT2D eigenvalue weighted by Crippen LogP contribution is 2.43. The van der Waals surface area contributed by atoms with Crippen LogP contribution < -0.4 is 0 Å². The fraction of sp³-hybridized carbons (Fsp3) is 0.429. The third kappa shape index (κ3) is 3.79. The molecule has 2 aliphatic rings. The first kappa shape index (κ1) is 16.0. The summed E-state index contributed by atoms with van der Waals surface area (Å²) in [7, 11) is 0. The van der Waals surface area contributed by atoms with Crippen molar-refractivity contribution in [3.05, 3.63) is 60.2 Å². The van der Waals surface area contributed by atoms with E-state index < -0.39 is 0 Å². The van der Waals surface area contributed by atoms with E-state index in [0.717, 1.165) is 23.6 Å². The summed E-state index contributed by atoms with van der Waals surface area (Å²) in [6.45, 7) is 2.53. The highest BCUT2D eigenvalue weighted by atomic mass is 32.2. The van der Waals surface area contributed by atoms with Gasteiger partial charge in [-0.3, -0.25) is 4.90 Å². The summed E-state index contributed by atoms with van der Waals surface area (Å²) in [6, 6.07) is 18.5. The van der Waals surface area contributed by atoms with Crippen molar-refractivity contribution in [3.8, 4) is 5.75 Å². The summed E-state index contributed by atoms with van der Waals surface area (Å²) in [5, 5.41) is 9.36. The minimum Gasteiger partial charge on any atom is -0.508 e. The predicted molar refractivity (Wildman–Crippen MR) is 100 cm³/mol. The molecular formula is C21H25NOS. The Morgan fingerprint density at radius 2 is 1.58 bits per heavy atom. The van der Waals surface area contributed by atoms with Crippen molar-refractivity contribution in [2.45, 2.75) is 24.2 Å². The summed E-state index contributed by atoms with van der Waals surface area (Å²) < 4.78 is 0. The molecule has 0 amide bonds. The number of hydrogen-bond acceptors (Lipinski definition) is 3. The fourth-order valence-electron chi connectivity index (χ4n) is 4.45. The van der Waals surface area contributed by atoms with Crippen molar-refractivity contribution in [2.75, 3.05) is 19.0 Å². The standard InChI is InChI=1S/C21H25NOS/c23-20-6-8-21(9-7-20)24-15-22-13-18-11-17(12-19(18)14-22)10-16-4-2-1-3-5-16/h1-9,17-19,23H,10-15H2/t17-,18+,19-. The molecule has 1 aliphatic heterocycles. The number of likely N-dealkylation sites (tertiary alicyclic amines) is 1. The Balaban J connectivity index is 1.25. The molecule has 0 aromatic heterocycles. The molecule has 2 nitrogen and oxygen atoms in total. The smallest absolute Gasteiger partial charge is 0.115 e. The predicted octanol–water partition coefficient (Wildman–Crippen LogP) is 4.64. The molecule has 126 valence electrons. The number of phenolic OH excluding ortho intramolecular Hbond substituents is 1. The third-order valence-electron chi connectivity index (χ3n) is 5.54. The molecule has 1 aliphatic carbocycles. The number of fused-ring (bicyclic) bond motifs is 1. The molecule has 3 heteroatoms. The number of thioether (sulfide) groups is 1. The van der Waals surface area contributed by atoms with Crippen LogP contribution in [0.5, 0.6) is 5.75 Å². The van der Waals surface area contributed by atoms with Gasteiger partial charge in [-0.15, -0.1) is 11.8 Å². The van der Waals surface area contributed by atoms with Gasteiger partial charge in [0.2, 0.25) is 0 Å². The van der Waals surface area contributed by atoms with Gasteiger partial charge in [0, 0.05) is 23.9 Å². The van der Waals surface area contributed by atoms with Crippen LogP contribution >= 0.6 is 11.8 Å². The number of nitrogens with zero attached hydrogens (tertiary/aromatic N) is 1. The molecule has 0 spiro atoms. The second-order valence-electron chi connectivity index (χ2n) is 7.35. The number of rotatable bonds is 5. The largest absolute Gasteiger partial charge is 0.508 e. The van der Waals surface area contributed by atoms with Gasteiger partial charge in [0.1, 0.15) is 5.75 Å². The summed E-state index contributed by atoms with van der Waals surface area (Å²) in [4.78, 5) is 3.86. The lowest BCUT2D eigenvalue weighted by atomic mass is 9.96. The van der Waals surface area contributed by atoms with Crippen LogP contribution in [0.4, 0.5) is 0 Å². The molecule has 0 radical (unpaired) electrons. The van der Waals surface area contributed by atoms with E-state index in [2.05, 4.69) is 35.2 Å². The lowest BCUT2D eigenvalue weighted by Crippen LogP contribution is -2.22. The topological polar surface area (TPSA) is 23.5 Å². The maximum Gasteiger partial charge on any atom is 0.115 e. The molecule has 1 saturated heterocycles. The molecule has 1 N–H and O–H groups in total. The zero-order valence-electron chi connectivity index (χ0n) is 14.0. The van der Waals surface area contributed by atoms with Crippen LogP contribution in [0.2, 0.25) is 0 Å². The van der Waals surface area contributed by atoms with E-state index in [0.29, 0.717) is 5.75 Å². The van der Waals surface area contributed by atoms with E-state index in [9.17, 15) is 5.11 Å². The van der Waals surface area contributed by atoms with Crippen LogP contribution in [0.3, 0.4) is 0 Å².